The summed E-state index contributed by atoms with van der Waals surface area (Å²) in [5, 5.41) is 15.6. The molecule has 0 aromatic heterocycles. The number of hydrogen-bond acceptors (Lipinski definition) is 4. The van der Waals surface area contributed by atoms with Gasteiger partial charge in [-0.3, -0.25) is 0 Å². The Kier molecular flexibility index (Phi) is 11.0. The van der Waals surface area contributed by atoms with Gasteiger partial charge in [-0.05, 0) is 68.7 Å². The SMILES string of the molecule is CCCC[B-](c1ccc2cc(OC)ccc2c1)(c1ccc2cc(OC)ccc2c1)c1ccc2cc(OC)ccc2c1.C[N+](C)(C)CCO. The predicted molar refractivity (Wildman–Crippen MR) is 206 cm³/mol. The van der Waals surface area contributed by atoms with E-state index in [-0.39, 0.29) is 6.61 Å². The molecule has 0 unspecified atom stereocenters. The van der Waals surface area contributed by atoms with Crippen molar-refractivity contribution in [3.8, 4) is 17.2 Å². The largest absolute Gasteiger partial charge is 0.497 e. The molecule has 0 saturated carbocycles. The van der Waals surface area contributed by atoms with E-state index in [0.29, 0.717) is 0 Å². The number of unbranched alkanes of at least 4 members (excludes halogenated alkanes) is 1. The third kappa shape index (κ3) is 7.62. The molecule has 0 fully saturated rings. The highest BCUT2D eigenvalue weighted by molar-refractivity contribution is 7.11. The first-order valence-corrected chi connectivity index (χ1v) is 17.0. The Hall–Kier alpha value is -4.52. The Labute approximate surface area is 286 Å². The molecule has 5 nitrogen and oxygen atoms in total. The van der Waals surface area contributed by atoms with E-state index in [9.17, 15) is 0 Å². The lowest BCUT2D eigenvalue weighted by Gasteiger charge is -2.44. The predicted octanol–water partition coefficient (Wildman–Crippen LogP) is 7.13. The normalized spacial score (nSPS) is 11.8. The zero-order valence-electron chi connectivity index (χ0n) is 29.6. The Bertz CT molecular complexity index is 1790. The number of aliphatic hydroxyl groups excluding tert-OH is 1. The molecule has 6 rings (SSSR count). The summed E-state index contributed by atoms with van der Waals surface area (Å²) in [6, 6.07) is 40.1. The minimum atomic E-state index is -1.29. The Morgan fingerprint density at radius 3 is 1.12 bits per heavy atom. The van der Waals surface area contributed by atoms with Gasteiger partial charge in [0, 0.05) is 0 Å². The maximum absolute atomic E-state index is 8.39. The van der Waals surface area contributed by atoms with Crippen LogP contribution in [0.2, 0.25) is 6.32 Å². The van der Waals surface area contributed by atoms with E-state index in [4.69, 9.17) is 19.3 Å². The molecule has 0 heterocycles. The first-order chi connectivity index (χ1) is 23.1. The van der Waals surface area contributed by atoms with E-state index in [1.54, 1.807) is 21.3 Å². The van der Waals surface area contributed by atoms with Crippen LogP contribution in [0.15, 0.2) is 109 Å². The number of likely N-dealkylation sites (N-methyl/N-ethyl adjacent to an activating group) is 1. The molecule has 0 radical (unpaired) electrons. The van der Waals surface area contributed by atoms with Crippen LogP contribution in [0.5, 0.6) is 17.2 Å². The number of fused-ring (bicyclic) bond motifs is 3. The average Bonchev–Trinajstić information content (AvgIpc) is 3.10. The second-order valence-corrected chi connectivity index (χ2v) is 13.8. The van der Waals surface area contributed by atoms with Crippen LogP contribution in [0, 0.1) is 0 Å². The van der Waals surface area contributed by atoms with E-state index in [1.165, 1.54) is 48.7 Å². The molecule has 0 saturated heterocycles. The summed E-state index contributed by atoms with van der Waals surface area (Å²) in [6.07, 6.45) is 2.02. The second kappa shape index (κ2) is 15.1. The first-order valence-electron chi connectivity index (χ1n) is 17.0. The number of rotatable bonds is 11. The Balaban J connectivity index is 0.000000582. The number of nitrogens with zero attached hydrogens (tertiary/aromatic N) is 1. The van der Waals surface area contributed by atoms with Gasteiger partial charge in [-0.1, -0.05) is 92.6 Å². The van der Waals surface area contributed by atoms with Crippen LogP contribution >= 0.6 is 0 Å². The molecule has 48 heavy (non-hydrogen) atoms. The molecule has 6 aromatic rings. The van der Waals surface area contributed by atoms with Crippen molar-refractivity contribution >= 4 is 54.9 Å². The Morgan fingerprint density at radius 1 is 0.521 bits per heavy atom. The molecule has 0 atom stereocenters. The fourth-order valence-electron chi connectivity index (χ4n) is 6.92. The molecule has 250 valence electrons. The fraction of sp³-hybridized carbons (Fsp3) is 0.286. The van der Waals surface area contributed by atoms with Crippen molar-refractivity contribution in [2.45, 2.75) is 26.1 Å². The van der Waals surface area contributed by atoms with Crippen LogP contribution in [-0.4, -0.2) is 71.4 Å². The lowest BCUT2D eigenvalue weighted by molar-refractivity contribution is -0.870. The lowest BCUT2D eigenvalue weighted by atomic mass is 9.14. The van der Waals surface area contributed by atoms with E-state index in [1.807, 2.05) is 0 Å². The summed E-state index contributed by atoms with van der Waals surface area (Å²) in [4.78, 5) is 0. The zero-order chi connectivity index (χ0) is 34.3. The number of ether oxygens (including phenoxy) is 3. The van der Waals surface area contributed by atoms with Crippen molar-refractivity contribution in [2.75, 3.05) is 55.6 Å². The molecule has 1 N–H and O–H groups in total. The number of aliphatic hydroxyl groups is 1. The van der Waals surface area contributed by atoms with Crippen molar-refractivity contribution < 1.29 is 23.8 Å². The standard InChI is InChI=1S/C37H36BO3.C5H14NO/c1-5-6-19-38(32-13-7-29-23-35(39-2)16-10-26(29)20-32,33-14-8-30-24-36(40-3)17-11-27(30)21-33)34-15-9-31-25-37(41-4)18-12-28(31)22-34;1-6(2,3)4-5-7/h7-18,20-25H,5-6,19H2,1-4H3;7H,4-5H2,1-3H3/q-1;+1. The summed E-state index contributed by atoms with van der Waals surface area (Å²) in [6.45, 7) is 3.40. The lowest BCUT2D eigenvalue weighted by Crippen LogP contribution is -2.67. The topological polar surface area (TPSA) is 47.9 Å². The molecule has 6 heteroatoms. The summed E-state index contributed by atoms with van der Waals surface area (Å²) < 4.78 is 17.4. The van der Waals surface area contributed by atoms with E-state index in [0.717, 1.165) is 47.4 Å². The van der Waals surface area contributed by atoms with Crippen molar-refractivity contribution in [3.63, 3.8) is 0 Å². The maximum Gasteiger partial charge on any atom is 0.119 e. The van der Waals surface area contributed by atoms with Crippen LogP contribution in [-0.2, 0) is 0 Å². The zero-order valence-corrected chi connectivity index (χ0v) is 29.6. The molecular weight excluding hydrogens is 593 g/mol. The van der Waals surface area contributed by atoms with Crippen LogP contribution in [0.3, 0.4) is 0 Å². The molecule has 0 amide bonds. The third-order valence-corrected chi connectivity index (χ3v) is 9.68. The van der Waals surface area contributed by atoms with Gasteiger partial charge in [0.1, 0.15) is 23.8 Å². The van der Waals surface area contributed by atoms with Gasteiger partial charge < -0.3 is 23.8 Å². The second-order valence-electron chi connectivity index (χ2n) is 13.8. The molecule has 0 aliphatic carbocycles. The minimum Gasteiger partial charge on any atom is -0.497 e. The third-order valence-electron chi connectivity index (χ3n) is 9.68. The fourth-order valence-corrected chi connectivity index (χ4v) is 6.92. The number of hydrogen-bond donors (Lipinski definition) is 1. The van der Waals surface area contributed by atoms with E-state index < -0.39 is 6.15 Å². The summed E-state index contributed by atoms with van der Waals surface area (Å²) in [5.41, 5.74) is 4.07. The van der Waals surface area contributed by atoms with Gasteiger partial charge in [0.2, 0.25) is 0 Å². The monoisotopic (exact) mass is 643 g/mol. The summed E-state index contributed by atoms with van der Waals surface area (Å²) in [7, 11) is 11.3. The Morgan fingerprint density at radius 2 is 0.854 bits per heavy atom. The van der Waals surface area contributed by atoms with Gasteiger partial charge in [0.05, 0.1) is 55.2 Å². The van der Waals surface area contributed by atoms with Gasteiger partial charge in [0.15, 0.2) is 0 Å². The van der Waals surface area contributed by atoms with Gasteiger partial charge in [0.25, 0.3) is 0 Å². The van der Waals surface area contributed by atoms with Crippen molar-refractivity contribution in [2.24, 2.45) is 0 Å². The number of benzene rings is 6. The smallest absolute Gasteiger partial charge is 0.119 e. The highest BCUT2D eigenvalue weighted by Gasteiger charge is 2.30. The van der Waals surface area contributed by atoms with Crippen molar-refractivity contribution in [3.05, 3.63) is 109 Å². The summed E-state index contributed by atoms with van der Waals surface area (Å²) in [5.74, 6) is 2.63. The molecule has 6 aromatic carbocycles. The average molecular weight is 644 g/mol. The van der Waals surface area contributed by atoms with Crippen LogP contribution in [0.25, 0.3) is 32.3 Å². The summed E-state index contributed by atoms with van der Waals surface area (Å²) >= 11 is 0. The molecule has 0 aliphatic heterocycles. The van der Waals surface area contributed by atoms with Gasteiger partial charge in [-0.2, -0.15) is 22.7 Å². The van der Waals surface area contributed by atoms with Gasteiger partial charge >= 0.3 is 0 Å². The molecule has 0 spiro atoms. The number of quaternary nitrogens is 1. The van der Waals surface area contributed by atoms with Crippen molar-refractivity contribution in [1.82, 2.24) is 0 Å². The van der Waals surface area contributed by atoms with Gasteiger partial charge in [-0.25, -0.2) is 0 Å². The molecule has 0 bridgehead atoms. The maximum atomic E-state index is 8.39. The minimum absolute atomic E-state index is 0.281. The quantitative estimate of drug-likeness (QED) is 0.121. The van der Waals surface area contributed by atoms with E-state index in [2.05, 4.69) is 137 Å². The number of methoxy groups -OCH3 is 3. The first kappa shape index (κ1) is 34.8. The van der Waals surface area contributed by atoms with Crippen LogP contribution in [0.1, 0.15) is 19.8 Å². The van der Waals surface area contributed by atoms with Gasteiger partial charge in [-0.15, -0.1) is 0 Å². The highest BCUT2D eigenvalue weighted by Crippen LogP contribution is 2.27. The molecular formula is C42H50BNO4. The van der Waals surface area contributed by atoms with Crippen LogP contribution < -0.4 is 30.6 Å². The molecule has 0 aliphatic rings. The van der Waals surface area contributed by atoms with Crippen LogP contribution in [0.4, 0.5) is 0 Å². The van der Waals surface area contributed by atoms with E-state index >= 15 is 0 Å². The highest BCUT2D eigenvalue weighted by atomic mass is 16.5. The van der Waals surface area contributed by atoms with Crippen molar-refractivity contribution in [1.29, 1.82) is 0 Å².